The van der Waals surface area contributed by atoms with Crippen LogP contribution in [0.1, 0.15) is 11.3 Å². The van der Waals surface area contributed by atoms with Crippen LogP contribution in [0.2, 0.25) is 5.02 Å². The van der Waals surface area contributed by atoms with Gasteiger partial charge in [0.05, 0.1) is 6.20 Å². The van der Waals surface area contributed by atoms with E-state index in [0.29, 0.717) is 0 Å². The molecular weight excluding hydrogens is 210 g/mol. The van der Waals surface area contributed by atoms with Crippen LogP contribution in [-0.2, 0) is 6.54 Å². The lowest BCUT2D eigenvalue weighted by atomic mass is 10.2. The van der Waals surface area contributed by atoms with Crippen LogP contribution in [0.4, 0.5) is 5.69 Å². The van der Waals surface area contributed by atoms with Gasteiger partial charge in [0, 0.05) is 28.5 Å². The number of nitrogens with one attached hydrogen (secondary N) is 2. The van der Waals surface area contributed by atoms with Gasteiger partial charge >= 0.3 is 0 Å². The molecule has 0 saturated heterocycles. The molecule has 78 valence electrons. The normalized spacial score (nSPS) is 10.3. The van der Waals surface area contributed by atoms with E-state index in [1.54, 1.807) is 0 Å². The van der Waals surface area contributed by atoms with Crippen molar-refractivity contribution in [2.45, 2.75) is 13.5 Å². The maximum absolute atomic E-state index is 5.79. The molecule has 3 nitrogen and oxygen atoms in total. The first-order chi connectivity index (χ1) is 7.25. The summed E-state index contributed by atoms with van der Waals surface area (Å²) in [5.41, 5.74) is 3.32. The number of H-pyrrole nitrogens is 1. The minimum atomic E-state index is 0.750. The number of aromatic amines is 1. The summed E-state index contributed by atoms with van der Waals surface area (Å²) in [7, 11) is 0. The minimum Gasteiger partial charge on any atom is -0.381 e. The van der Waals surface area contributed by atoms with Crippen LogP contribution in [0.5, 0.6) is 0 Å². The molecule has 0 saturated carbocycles. The van der Waals surface area contributed by atoms with Crippen LogP contribution >= 0.6 is 11.6 Å². The van der Waals surface area contributed by atoms with Crippen molar-refractivity contribution in [2.24, 2.45) is 0 Å². The molecule has 1 aromatic carbocycles. The van der Waals surface area contributed by atoms with Gasteiger partial charge in [-0.05, 0) is 31.2 Å². The van der Waals surface area contributed by atoms with Gasteiger partial charge in [-0.3, -0.25) is 5.10 Å². The molecule has 2 rings (SSSR count). The van der Waals surface area contributed by atoms with Crippen LogP contribution in [0.3, 0.4) is 0 Å². The summed E-state index contributed by atoms with van der Waals surface area (Å²) in [5, 5.41) is 10.9. The molecule has 0 atom stereocenters. The van der Waals surface area contributed by atoms with Crippen LogP contribution < -0.4 is 5.32 Å². The number of aryl methyl sites for hydroxylation is 1. The third-order valence-electron chi connectivity index (χ3n) is 2.26. The molecule has 1 aromatic heterocycles. The van der Waals surface area contributed by atoms with E-state index in [4.69, 9.17) is 11.6 Å². The molecular formula is C11H12ClN3. The third-order valence-corrected chi connectivity index (χ3v) is 2.51. The molecule has 4 heteroatoms. The standard InChI is InChI=1S/C11H12ClN3/c1-8-9(7-14-15-8)6-13-11-4-2-10(12)3-5-11/h2-5,7,13H,6H2,1H3,(H,14,15). The first-order valence-corrected chi connectivity index (χ1v) is 5.12. The number of hydrogen-bond acceptors (Lipinski definition) is 2. The topological polar surface area (TPSA) is 40.7 Å². The Labute approximate surface area is 93.5 Å². The summed E-state index contributed by atoms with van der Waals surface area (Å²) >= 11 is 5.79. The lowest BCUT2D eigenvalue weighted by molar-refractivity contribution is 1.04. The molecule has 0 aliphatic carbocycles. The van der Waals surface area contributed by atoms with E-state index < -0.39 is 0 Å². The fourth-order valence-electron chi connectivity index (χ4n) is 1.32. The molecule has 0 aliphatic heterocycles. The van der Waals surface area contributed by atoms with Crippen LogP contribution in [0.25, 0.3) is 0 Å². The summed E-state index contributed by atoms with van der Waals surface area (Å²) in [5.74, 6) is 0. The molecule has 0 radical (unpaired) electrons. The molecule has 0 fully saturated rings. The van der Waals surface area contributed by atoms with Crippen molar-refractivity contribution in [3.63, 3.8) is 0 Å². The van der Waals surface area contributed by atoms with E-state index in [1.165, 1.54) is 5.56 Å². The first kappa shape index (κ1) is 10.1. The summed E-state index contributed by atoms with van der Waals surface area (Å²) in [6.45, 7) is 2.77. The Morgan fingerprint density at radius 2 is 2.07 bits per heavy atom. The largest absolute Gasteiger partial charge is 0.381 e. The van der Waals surface area contributed by atoms with E-state index in [-0.39, 0.29) is 0 Å². The molecule has 0 amide bonds. The van der Waals surface area contributed by atoms with Crippen molar-refractivity contribution in [3.8, 4) is 0 Å². The molecule has 0 bridgehead atoms. The van der Waals surface area contributed by atoms with Crippen molar-refractivity contribution in [3.05, 3.63) is 46.7 Å². The number of benzene rings is 1. The highest BCUT2D eigenvalue weighted by atomic mass is 35.5. The maximum atomic E-state index is 5.79. The second-order valence-corrected chi connectivity index (χ2v) is 3.82. The summed E-state index contributed by atoms with van der Waals surface area (Å²) in [6.07, 6.45) is 1.83. The van der Waals surface area contributed by atoms with Crippen molar-refractivity contribution in [1.82, 2.24) is 10.2 Å². The molecule has 1 heterocycles. The average Bonchev–Trinajstić information content (AvgIpc) is 2.63. The van der Waals surface area contributed by atoms with Crippen molar-refractivity contribution < 1.29 is 0 Å². The van der Waals surface area contributed by atoms with Gasteiger partial charge in [-0.25, -0.2) is 0 Å². The Morgan fingerprint density at radius 1 is 1.33 bits per heavy atom. The minimum absolute atomic E-state index is 0.750. The summed E-state index contributed by atoms with van der Waals surface area (Å²) in [4.78, 5) is 0. The Bertz CT molecular complexity index is 433. The first-order valence-electron chi connectivity index (χ1n) is 4.74. The third kappa shape index (κ3) is 2.50. The maximum Gasteiger partial charge on any atom is 0.0539 e. The van der Waals surface area contributed by atoms with Gasteiger partial charge in [0.1, 0.15) is 0 Å². The van der Waals surface area contributed by atoms with E-state index in [9.17, 15) is 0 Å². The SMILES string of the molecule is Cc1[nH]ncc1CNc1ccc(Cl)cc1. The second kappa shape index (κ2) is 4.36. The summed E-state index contributed by atoms with van der Waals surface area (Å²) in [6, 6.07) is 7.65. The molecule has 15 heavy (non-hydrogen) atoms. The summed E-state index contributed by atoms with van der Waals surface area (Å²) < 4.78 is 0. The number of rotatable bonds is 3. The van der Waals surface area contributed by atoms with Crippen molar-refractivity contribution in [1.29, 1.82) is 0 Å². The molecule has 2 aromatic rings. The fourth-order valence-corrected chi connectivity index (χ4v) is 1.44. The van der Waals surface area contributed by atoms with Gasteiger partial charge in [0.2, 0.25) is 0 Å². The van der Waals surface area contributed by atoms with Gasteiger partial charge in [0.25, 0.3) is 0 Å². The predicted molar refractivity (Wildman–Crippen MR) is 62.1 cm³/mol. The van der Waals surface area contributed by atoms with Gasteiger partial charge < -0.3 is 5.32 Å². The Hall–Kier alpha value is -1.48. The smallest absolute Gasteiger partial charge is 0.0539 e. The average molecular weight is 222 g/mol. The zero-order valence-electron chi connectivity index (χ0n) is 8.42. The number of hydrogen-bond donors (Lipinski definition) is 2. The Kier molecular flexibility index (Phi) is 2.92. The lowest BCUT2D eigenvalue weighted by Crippen LogP contribution is -1.99. The van der Waals surface area contributed by atoms with Crippen LogP contribution in [0.15, 0.2) is 30.5 Å². The molecule has 0 spiro atoms. The highest BCUT2D eigenvalue weighted by Gasteiger charge is 1.99. The number of anilines is 1. The number of nitrogens with zero attached hydrogens (tertiary/aromatic N) is 1. The zero-order chi connectivity index (χ0) is 10.7. The lowest BCUT2D eigenvalue weighted by Gasteiger charge is -2.05. The quantitative estimate of drug-likeness (QED) is 0.837. The van der Waals surface area contributed by atoms with E-state index >= 15 is 0 Å². The molecule has 0 unspecified atom stereocenters. The molecule has 2 N–H and O–H groups in total. The highest BCUT2D eigenvalue weighted by molar-refractivity contribution is 6.30. The van der Waals surface area contributed by atoms with Gasteiger partial charge in [-0.1, -0.05) is 11.6 Å². The van der Waals surface area contributed by atoms with Gasteiger partial charge in [-0.2, -0.15) is 5.10 Å². The number of halogens is 1. The van der Waals surface area contributed by atoms with Gasteiger partial charge in [0.15, 0.2) is 0 Å². The van der Waals surface area contributed by atoms with E-state index in [1.807, 2.05) is 37.4 Å². The Balaban J connectivity index is 1.99. The van der Waals surface area contributed by atoms with Crippen LogP contribution in [-0.4, -0.2) is 10.2 Å². The van der Waals surface area contributed by atoms with E-state index in [0.717, 1.165) is 22.9 Å². The number of aromatic nitrogens is 2. The van der Waals surface area contributed by atoms with Crippen LogP contribution in [0, 0.1) is 6.92 Å². The monoisotopic (exact) mass is 221 g/mol. The van der Waals surface area contributed by atoms with Gasteiger partial charge in [-0.15, -0.1) is 0 Å². The van der Waals surface area contributed by atoms with Crippen molar-refractivity contribution >= 4 is 17.3 Å². The predicted octanol–water partition coefficient (Wildman–Crippen LogP) is 2.98. The van der Waals surface area contributed by atoms with Crippen molar-refractivity contribution in [2.75, 3.05) is 5.32 Å². The Morgan fingerprint density at radius 3 is 2.67 bits per heavy atom. The van der Waals surface area contributed by atoms with E-state index in [2.05, 4.69) is 15.5 Å². The second-order valence-electron chi connectivity index (χ2n) is 3.38. The highest BCUT2D eigenvalue weighted by Crippen LogP contribution is 2.14. The molecule has 0 aliphatic rings. The fraction of sp³-hybridized carbons (Fsp3) is 0.182. The zero-order valence-corrected chi connectivity index (χ0v) is 9.17.